The van der Waals surface area contributed by atoms with E-state index in [2.05, 4.69) is 15.4 Å². The van der Waals surface area contributed by atoms with Crippen LogP contribution in [-0.2, 0) is 9.59 Å². The number of nitrogens with zero attached hydrogens (tertiary/aromatic N) is 5. The van der Waals surface area contributed by atoms with Crippen molar-refractivity contribution in [3.05, 3.63) is 17.6 Å². The fourth-order valence-corrected chi connectivity index (χ4v) is 3.81. The first-order valence-corrected chi connectivity index (χ1v) is 8.94. The first-order chi connectivity index (χ1) is 12.3. The molecular formula is C17H26N6O3. The molecule has 2 aliphatic rings. The number of aliphatic carboxylic acids is 1. The molecule has 1 aromatic heterocycles. The first-order valence-electron chi connectivity index (χ1n) is 8.94. The van der Waals surface area contributed by atoms with Crippen molar-refractivity contribution < 1.29 is 14.7 Å². The molecule has 26 heavy (non-hydrogen) atoms. The van der Waals surface area contributed by atoms with Crippen molar-refractivity contribution in [3.8, 4) is 0 Å². The lowest BCUT2D eigenvalue weighted by Crippen LogP contribution is -2.55. The topological polar surface area (TPSA) is 104 Å². The van der Waals surface area contributed by atoms with Crippen LogP contribution < -0.4 is 10.2 Å². The van der Waals surface area contributed by atoms with Crippen LogP contribution in [0.1, 0.15) is 39.7 Å². The van der Waals surface area contributed by atoms with Crippen molar-refractivity contribution in [1.29, 1.82) is 0 Å². The molecule has 0 spiro atoms. The number of carboxylic acid groups (broad SMARTS) is 1. The van der Waals surface area contributed by atoms with Crippen LogP contribution in [0.4, 0.5) is 5.95 Å². The summed E-state index contributed by atoms with van der Waals surface area (Å²) in [6, 6.07) is 0.105. The van der Waals surface area contributed by atoms with Gasteiger partial charge in [0.05, 0.1) is 18.2 Å². The van der Waals surface area contributed by atoms with Gasteiger partial charge in [0.1, 0.15) is 6.33 Å². The second-order valence-electron chi connectivity index (χ2n) is 6.99. The van der Waals surface area contributed by atoms with Crippen LogP contribution in [0.3, 0.4) is 0 Å². The molecule has 0 radical (unpaired) electrons. The van der Waals surface area contributed by atoms with Crippen LogP contribution >= 0.6 is 0 Å². The molecule has 142 valence electrons. The van der Waals surface area contributed by atoms with Gasteiger partial charge in [0.25, 0.3) is 5.91 Å². The van der Waals surface area contributed by atoms with Crippen LogP contribution in [0.5, 0.6) is 0 Å². The van der Waals surface area contributed by atoms with Gasteiger partial charge in [-0.1, -0.05) is 6.92 Å². The summed E-state index contributed by atoms with van der Waals surface area (Å²) >= 11 is 0. The van der Waals surface area contributed by atoms with Gasteiger partial charge in [-0.3, -0.25) is 14.5 Å². The number of likely N-dealkylation sites (N-methyl/N-ethyl adjacent to an activating group) is 1. The molecule has 1 aliphatic carbocycles. The third-order valence-electron chi connectivity index (χ3n) is 5.49. The standard InChI is InChI=1S/C17H26N6O3/c1-5-22(8-14(24)25)13-6-12(7-13)20-16(26)15-10(2)21(4)17-18-9-19-23(17)11(15)3/h9,11-13H,5-8H2,1-4H3,(H,20,26)(H,24,25). The molecule has 1 aromatic rings. The highest BCUT2D eigenvalue weighted by Crippen LogP contribution is 2.33. The van der Waals surface area contributed by atoms with Crippen molar-refractivity contribution in [1.82, 2.24) is 25.0 Å². The van der Waals surface area contributed by atoms with Crippen LogP contribution in [0, 0.1) is 0 Å². The fourth-order valence-electron chi connectivity index (χ4n) is 3.81. The normalized spacial score (nSPS) is 25.1. The molecule has 1 unspecified atom stereocenters. The Hall–Kier alpha value is -2.42. The number of allylic oxidation sites excluding steroid dienone is 1. The van der Waals surface area contributed by atoms with E-state index in [0.717, 1.165) is 24.5 Å². The zero-order chi connectivity index (χ0) is 19.0. The Morgan fingerprint density at radius 2 is 2.12 bits per heavy atom. The van der Waals surface area contributed by atoms with Gasteiger partial charge in [0.2, 0.25) is 5.95 Å². The third-order valence-corrected chi connectivity index (χ3v) is 5.49. The third kappa shape index (κ3) is 3.18. The SMILES string of the molecule is CCN(CC(=O)O)C1CC(NC(=O)C2=C(C)N(C)c3ncnn3C2C)C1. The van der Waals surface area contributed by atoms with Gasteiger partial charge in [-0.2, -0.15) is 10.1 Å². The average Bonchev–Trinajstić information content (AvgIpc) is 3.04. The summed E-state index contributed by atoms with van der Waals surface area (Å²) in [4.78, 5) is 31.8. The zero-order valence-corrected chi connectivity index (χ0v) is 15.6. The predicted molar refractivity (Wildman–Crippen MR) is 95.7 cm³/mol. The zero-order valence-electron chi connectivity index (χ0n) is 15.6. The Morgan fingerprint density at radius 3 is 2.73 bits per heavy atom. The maximum absolute atomic E-state index is 12.9. The van der Waals surface area contributed by atoms with Gasteiger partial charge >= 0.3 is 5.97 Å². The lowest BCUT2D eigenvalue weighted by Gasteiger charge is -2.42. The minimum Gasteiger partial charge on any atom is -0.480 e. The highest BCUT2D eigenvalue weighted by molar-refractivity contribution is 5.96. The number of rotatable bonds is 6. The van der Waals surface area contributed by atoms with Gasteiger partial charge in [-0.15, -0.1) is 0 Å². The van der Waals surface area contributed by atoms with Crippen molar-refractivity contribution in [2.45, 2.75) is 51.7 Å². The average molecular weight is 362 g/mol. The summed E-state index contributed by atoms with van der Waals surface area (Å²) in [5.74, 6) is -0.182. The molecule has 1 aliphatic heterocycles. The number of aromatic nitrogens is 3. The number of nitrogens with one attached hydrogen (secondary N) is 1. The molecule has 3 rings (SSSR count). The summed E-state index contributed by atoms with van der Waals surface area (Å²) < 4.78 is 1.75. The Kier molecular flexibility index (Phi) is 4.99. The maximum Gasteiger partial charge on any atom is 0.317 e. The molecule has 9 heteroatoms. The predicted octanol–water partition coefficient (Wildman–Crippen LogP) is 0.617. The molecule has 2 N–H and O–H groups in total. The molecule has 1 amide bonds. The number of fused-ring (bicyclic) bond motifs is 1. The smallest absolute Gasteiger partial charge is 0.317 e. The summed E-state index contributed by atoms with van der Waals surface area (Å²) in [6.07, 6.45) is 3.05. The number of hydrogen-bond donors (Lipinski definition) is 2. The van der Waals surface area contributed by atoms with E-state index in [0.29, 0.717) is 12.1 Å². The highest BCUT2D eigenvalue weighted by Gasteiger charge is 2.37. The summed E-state index contributed by atoms with van der Waals surface area (Å²) in [7, 11) is 1.87. The number of carboxylic acids is 1. The van der Waals surface area contributed by atoms with Gasteiger partial charge < -0.3 is 15.3 Å². The lowest BCUT2D eigenvalue weighted by molar-refractivity contribution is -0.139. The van der Waals surface area contributed by atoms with E-state index in [4.69, 9.17) is 5.11 Å². The molecule has 0 aromatic carbocycles. The van der Waals surface area contributed by atoms with E-state index in [1.165, 1.54) is 6.33 Å². The fraction of sp³-hybridized carbons (Fsp3) is 0.647. The molecule has 0 bridgehead atoms. The Labute approximate surface area is 152 Å². The van der Waals surface area contributed by atoms with E-state index in [9.17, 15) is 9.59 Å². The minimum absolute atomic E-state index is 0.0446. The Morgan fingerprint density at radius 1 is 1.42 bits per heavy atom. The molecule has 1 atom stereocenters. The molecule has 9 nitrogen and oxygen atoms in total. The summed E-state index contributed by atoms with van der Waals surface area (Å²) in [5, 5.41) is 16.3. The van der Waals surface area contributed by atoms with Crippen molar-refractivity contribution in [2.24, 2.45) is 0 Å². The maximum atomic E-state index is 12.9. The van der Waals surface area contributed by atoms with Crippen LogP contribution in [-0.4, -0.2) is 68.9 Å². The number of amides is 1. The van der Waals surface area contributed by atoms with E-state index in [-0.39, 0.29) is 30.6 Å². The van der Waals surface area contributed by atoms with E-state index < -0.39 is 5.97 Å². The molecule has 2 heterocycles. The van der Waals surface area contributed by atoms with Gasteiger partial charge in [0.15, 0.2) is 0 Å². The Bertz CT molecular complexity index is 737. The number of hydrogen-bond acceptors (Lipinski definition) is 6. The van der Waals surface area contributed by atoms with Crippen molar-refractivity contribution in [2.75, 3.05) is 25.0 Å². The molecular weight excluding hydrogens is 336 g/mol. The van der Waals surface area contributed by atoms with Gasteiger partial charge in [0, 0.05) is 24.8 Å². The highest BCUT2D eigenvalue weighted by atomic mass is 16.4. The Balaban J connectivity index is 1.63. The minimum atomic E-state index is -0.817. The van der Waals surface area contributed by atoms with Crippen LogP contribution in [0.25, 0.3) is 0 Å². The second-order valence-corrected chi connectivity index (χ2v) is 6.99. The van der Waals surface area contributed by atoms with Gasteiger partial charge in [-0.05, 0) is 33.2 Å². The molecule has 1 fully saturated rings. The lowest BCUT2D eigenvalue weighted by atomic mass is 9.85. The van der Waals surface area contributed by atoms with E-state index in [1.807, 2.05) is 37.6 Å². The number of carbonyl (C=O) groups excluding carboxylic acids is 1. The summed E-state index contributed by atoms with van der Waals surface area (Å²) in [5.41, 5.74) is 1.55. The van der Waals surface area contributed by atoms with Crippen molar-refractivity contribution in [3.63, 3.8) is 0 Å². The molecule has 1 saturated carbocycles. The van der Waals surface area contributed by atoms with Crippen LogP contribution in [0.15, 0.2) is 17.6 Å². The summed E-state index contributed by atoms with van der Waals surface area (Å²) in [6.45, 7) is 6.55. The van der Waals surface area contributed by atoms with Gasteiger partial charge in [-0.25, -0.2) is 4.68 Å². The largest absolute Gasteiger partial charge is 0.480 e. The number of carbonyl (C=O) groups is 2. The quantitative estimate of drug-likeness (QED) is 0.764. The van der Waals surface area contributed by atoms with E-state index >= 15 is 0 Å². The van der Waals surface area contributed by atoms with Crippen LogP contribution in [0.2, 0.25) is 0 Å². The molecule has 0 saturated heterocycles. The van der Waals surface area contributed by atoms with E-state index in [1.54, 1.807) is 4.68 Å². The number of anilines is 1. The first kappa shape index (κ1) is 18.4. The second kappa shape index (κ2) is 7.06. The van der Waals surface area contributed by atoms with Crippen molar-refractivity contribution >= 4 is 17.8 Å². The monoisotopic (exact) mass is 362 g/mol.